The molecule has 1 aliphatic carbocycles. The first-order valence-corrected chi connectivity index (χ1v) is 8.21. The number of nitrogens with one attached hydrogen (secondary N) is 1. The van der Waals surface area contributed by atoms with Crippen LogP contribution in [0.25, 0.3) is 5.65 Å². The van der Waals surface area contributed by atoms with Gasteiger partial charge in [-0.25, -0.2) is 9.78 Å². The Morgan fingerprint density at radius 1 is 1.44 bits per heavy atom. The lowest BCUT2D eigenvalue weighted by molar-refractivity contribution is -0.138. The molecule has 1 fully saturated rings. The van der Waals surface area contributed by atoms with Gasteiger partial charge in [0.2, 0.25) is 0 Å². The Labute approximate surface area is 146 Å². The lowest BCUT2D eigenvalue weighted by Gasteiger charge is -2.23. The van der Waals surface area contributed by atoms with Crippen molar-refractivity contribution >= 4 is 29.0 Å². The van der Waals surface area contributed by atoms with Crippen molar-refractivity contribution in [3.8, 4) is 0 Å². The predicted octanol–water partition coefficient (Wildman–Crippen LogP) is 4.10. The average Bonchev–Trinajstić information content (AvgIpc) is 3.14. The molecular weight excluding hydrogens is 361 g/mol. The quantitative estimate of drug-likeness (QED) is 0.785. The Kier molecular flexibility index (Phi) is 4.52. The van der Waals surface area contributed by atoms with E-state index in [4.69, 9.17) is 11.6 Å². The van der Waals surface area contributed by atoms with Crippen molar-refractivity contribution in [1.29, 1.82) is 0 Å². The standard InChI is InChI=1S/C15H16ClF3N4O2/c1-7(15(17,18)19)21-13-10(8-4-2-3-5-8)11(16)22-12-9(14(24)25)6-20-23(12)13/h6-8,21H,2-5H2,1H3,(H,24,25)/t7-/m0/s1. The maximum Gasteiger partial charge on any atom is 0.408 e. The zero-order chi connectivity index (χ0) is 18.4. The van der Waals surface area contributed by atoms with E-state index in [-0.39, 0.29) is 28.1 Å². The number of alkyl halides is 3. The van der Waals surface area contributed by atoms with E-state index in [1.807, 2.05) is 0 Å². The molecule has 1 aliphatic rings. The van der Waals surface area contributed by atoms with Gasteiger partial charge in [0.05, 0.1) is 6.20 Å². The zero-order valence-electron chi connectivity index (χ0n) is 13.3. The van der Waals surface area contributed by atoms with Crippen LogP contribution in [0.15, 0.2) is 6.20 Å². The number of nitrogens with zero attached hydrogens (tertiary/aromatic N) is 3. The Balaban J connectivity index is 2.20. The van der Waals surface area contributed by atoms with Crippen LogP contribution in [-0.2, 0) is 0 Å². The van der Waals surface area contributed by atoms with Gasteiger partial charge in [-0.1, -0.05) is 24.4 Å². The molecule has 6 nitrogen and oxygen atoms in total. The smallest absolute Gasteiger partial charge is 0.408 e. The molecule has 0 aromatic carbocycles. The minimum Gasteiger partial charge on any atom is -0.477 e. The van der Waals surface area contributed by atoms with E-state index in [0.29, 0.717) is 5.56 Å². The first-order valence-electron chi connectivity index (χ1n) is 7.83. The Hall–Kier alpha value is -2.03. The van der Waals surface area contributed by atoms with Gasteiger partial charge in [-0.2, -0.15) is 22.8 Å². The summed E-state index contributed by atoms with van der Waals surface area (Å²) in [6.07, 6.45) is 0.0598. The highest BCUT2D eigenvalue weighted by Crippen LogP contribution is 2.42. The van der Waals surface area contributed by atoms with Gasteiger partial charge in [-0.05, 0) is 25.7 Å². The van der Waals surface area contributed by atoms with Gasteiger partial charge < -0.3 is 10.4 Å². The highest BCUT2D eigenvalue weighted by atomic mass is 35.5. The highest BCUT2D eigenvalue weighted by Gasteiger charge is 2.38. The van der Waals surface area contributed by atoms with Gasteiger partial charge in [-0.15, -0.1) is 0 Å². The van der Waals surface area contributed by atoms with E-state index < -0.39 is 18.2 Å². The van der Waals surface area contributed by atoms with Gasteiger partial charge in [0, 0.05) is 5.56 Å². The third-order valence-corrected chi connectivity index (χ3v) is 4.76. The molecule has 0 aliphatic heterocycles. The number of fused-ring (bicyclic) bond motifs is 1. The van der Waals surface area contributed by atoms with Crippen LogP contribution in [0, 0.1) is 0 Å². The molecule has 25 heavy (non-hydrogen) atoms. The molecular formula is C15H16ClF3N4O2. The third-order valence-electron chi connectivity index (χ3n) is 4.48. The SMILES string of the molecule is C[C@H](Nc1c(C2CCCC2)c(Cl)nc2c(C(=O)O)cnn12)C(F)(F)F. The van der Waals surface area contributed by atoms with Gasteiger partial charge in [0.1, 0.15) is 22.6 Å². The second-order valence-electron chi connectivity index (χ2n) is 6.15. The summed E-state index contributed by atoms with van der Waals surface area (Å²) >= 11 is 6.25. The number of anilines is 1. The third kappa shape index (κ3) is 3.24. The normalized spacial score (nSPS) is 17.2. The number of halogens is 4. The summed E-state index contributed by atoms with van der Waals surface area (Å²) in [6, 6.07) is -1.85. The van der Waals surface area contributed by atoms with Crippen molar-refractivity contribution in [2.75, 3.05) is 5.32 Å². The molecule has 3 rings (SSSR count). The number of hydrogen-bond acceptors (Lipinski definition) is 4. The topological polar surface area (TPSA) is 79.5 Å². The molecule has 2 aromatic heterocycles. The Morgan fingerprint density at radius 3 is 2.64 bits per heavy atom. The fourth-order valence-electron chi connectivity index (χ4n) is 3.13. The number of aromatic carboxylic acids is 1. The maximum absolute atomic E-state index is 13.0. The molecule has 2 heterocycles. The Bertz CT molecular complexity index is 815. The van der Waals surface area contributed by atoms with Gasteiger partial charge in [0.25, 0.3) is 0 Å². The number of rotatable bonds is 4. The average molecular weight is 377 g/mol. The summed E-state index contributed by atoms with van der Waals surface area (Å²) in [5.41, 5.74) is 0.154. The van der Waals surface area contributed by atoms with E-state index >= 15 is 0 Å². The number of carboxylic acid groups (broad SMARTS) is 1. The molecule has 0 spiro atoms. The monoisotopic (exact) mass is 376 g/mol. The molecule has 0 bridgehead atoms. The van der Waals surface area contributed by atoms with Crippen molar-refractivity contribution in [1.82, 2.24) is 14.6 Å². The molecule has 0 unspecified atom stereocenters. The summed E-state index contributed by atoms with van der Waals surface area (Å²) in [4.78, 5) is 15.4. The summed E-state index contributed by atoms with van der Waals surface area (Å²) in [6.45, 7) is 0.986. The lowest BCUT2D eigenvalue weighted by atomic mass is 9.99. The molecule has 2 aromatic rings. The first kappa shape index (κ1) is 17.8. The van der Waals surface area contributed by atoms with Crippen LogP contribution in [0.5, 0.6) is 0 Å². The lowest BCUT2D eigenvalue weighted by Crippen LogP contribution is -2.34. The fraction of sp³-hybridized carbons (Fsp3) is 0.533. The minimum atomic E-state index is -4.47. The summed E-state index contributed by atoms with van der Waals surface area (Å²) < 4.78 is 40.2. The summed E-state index contributed by atoms with van der Waals surface area (Å²) in [5.74, 6) is -1.26. The Morgan fingerprint density at radius 2 is 2.08 bits per heavy atom. The van der Waals surface area contributed by atoms with Crippen LogP contribution in [0.3, 0.4) is 0 Å². The molecule has 0 amide bonds. The van der Waals surface area contributed by atoms with E-state index in [0.717, 1.165) is 43.3 Å². The van der Waals surface area contributed by atoms with Crippen LogP contribution in [0.1, 0.15) is 54.4 Å². The molecule has 1 saturated carbocycles. The van der Waals surface area contributed by atoms with E-state index in [9.17, 15) is 23.1 Å². The fourth-order valence-corrected chi connectivity index (χ4v) is 3.46. The molecule has 1 atom stereocenters. The van der Waals surface area contributed by atoms with Crippen molar-refractivity contribution in [2.45, 2.75) is 50.7 Å². The predicted molar refractivity (Wildman–Crippen MR) is 85.3 cm³/mol. The van der Waals surface area contributed by atoms with Gasteiger partial charge >= 0.3 is 12.1 Å². The molecule has 2 N–H and O–H groups in total. The van der Waals surface area contributed by atoms with Crippen LogP contribution >= 0.6 is 11.6 Å². The van der Waals surface area contributed by atoms with Crippen molar-refractivity contribution < 1.29 is 23.1 Å². The first-order chi connectivity index (χ1) is 11.7. The summed E-state index contributed by atoms with van der Waals surface area (Å²) in [7, 11) is 0. The molecule has 0 radical (unpaired) electrons. The largest absolute Gasteiger partial charge is 0.477 e. The second-order valence-corrected chi connectivity index (χ2v) is 6.51. The molecule has 0 saturated heterocycles. The van der Waals surface area contributed by atoms with Crippen molar-refractivity contribution in [2.24, 2.45) is 0 Å². The number of carboxylic acids is 1. The number of carbonyl (C=O) groups is 1. The van der Waals surface area contributed by atoms with Crippen LogP contribution in [0.4, 0.5) is 19.0 Å². The van der Waals surface area contributed by atoms with Gasteiger partial charge in [0.15, 0.2) is 5.65 Å². The molecule has 136 valence electrons. The number of hydrogen-bond donors (Lipinski definition) is 2. The zero-order valence-corrected chi connectivity index (χ0v) is 14.0. The number of aromatic nitrogens is 3. The van der Waals surface area contributed by atoms with Crippen molar-refractivity contribution in [3.63, 3.8) is 0 Å². The maximum atomic E-state index is 13.0. The van der Waals surface area contributed by atoms with Crippen LogP contribution < -0.4 is 5.32 Å². The van der Waals surface area contributed by atoms with Crippen molar-refractivity contribution in [3.05, 3.63) is 22.5 Å². The van der Waals surface area contributed by atoms with E-state index in [1.54, 1.807) is 0 Å². The second kappa shape index (κ2) is 6.36. The molecule has 10 heteroatoms. The van der Waals surface area contributed by atoms with Crippen LogP contribution in [-0.4, -0.2) is 37.9 Å². The minimum absolute atomic E-state index is 0.0132. The highest BCUT2D eigenvalue weighted by molar-refractivity contribution is 6.30. The van der Waals surface area contributed by atoms with E-state index in [1.165, 1.54) is 0 Å². The van der Waals surface area contributed by atoms with E-state index in [2.05, 4.69) is 15.4 Å². The van der Waals surface area contributed by atoms with Crippen LogP contribution in [0.2, 0.25) is 5.15 Å². The van der Waals surface area contributed by atoms with Gasteiger partial charge in [-0.3, -0.25) is 0 Å². The summed E-state index contributed by atoms with van der Waals surface area (Å²) in [5, 5.41) is 15.6.